The number of benzene rings is 8. The van der Waals surface area contributed by atoms with Crippen molar-refractivity contribution < 1.29 is 0 Å². The molecule has 8 aromatic carbocycles. The Morgan fingerprint density at radius 3 is 1.64 bits per heavy atom. The molecule has 0 amide bonds. The molecule has 1 aliphatic rings. The van der Waals surface area contributed by atoms with Crippen molar-refractivity contribution in [2.75, 3.05) is 0 Å². The van der Waals surface area contributed by atoms with E-state index in [0.717, 1.165) is 0 Å². The topological polar surface area (TPSA) is 0 Å². The smallest absolute Gasteiger partial charge is 0.000719 e. The van der Waals surface area contributed by atoms with Gasteiger partial charge >= 0.3 is 0 Å². The summed E-state index contributed by atoms with van der Waals surface area (Å²) in [5.74, 6) is 0. The van der Waals surface area contributed by atoms with E-state index in [4.69, 9.17) is 0 Å². The van der Waals surface area contributed by atoms with E-state index in [9.17, 15) is 0 Å². The molecule has 8 aromatic rings. The Kier molecular flexibility index (Phi) is 5.26. The minimum Gasteiger partial charge on any atom is -0.0622 e. The number of rotatable bonds is 2. The molecule has 0 bridgehead atoms. The number of hydrogen-bond donors (Lipinski definition) is 0. The van der Waals surface area contributed by atoms with Gasteiger partial charge in [0.05, 0.1) is 0 Å². The largest absolute Gasteiger partial charge is 0.0622 e. The van der Waals surface area contributed by atoms with Crippen molar-refractivity contribution in [3.63, 3.8) is 0 Å². The molecule has 0 heterocycles. The number of fused-ring (bicyclic) bond motifs is 7. The van der Waals surface area contributed by atoms with E-state index in [1.165, 1.54) is 93.2 Å². The molecular weight excluding hydrogens is 528 g/mol. The van der Waals surface area contributed by atoms with Crippen LogP contribution in [0.4, 0.5) is 0 Å². The first-order valence-electron chi connectivity index (χ1n) is 15.6. The maximum atomic E-state index is 2.47. The molecule has 9 rings (SSSR count). The van der Waals surface area contributed by atoms with Gasteiger partial charge in [-0.15, -0.1) is 0 Å². The molecule has 0 saturated heterocycles. The van der Waals surface area contributed by atoms with Gasteiger partial charge in [-0.05, 0) is 117 Å². The summed E-state index contributed by atoms with van der Waals surface area (Å²) in [6, 6.07) is 52.2. The molecule has 44 heavy (non-hydrogen) atoms. The lowest BCUT2D eigenvalue weighted by Crippen LogP contribution is -2.10. The maximum Gasteiger partial charge on any atom is -0.000719 e. The van der Waals surface area contributed by atoms with E-state index in [1.807, 2.05) is 0 Å². The molecule has 0 aromatic heterocycles. The molecule has 0 N–H and O–H groups in total. The summed E-state index contributed by atoms with van der Waals surface area (Å²) in [5.41, 5.74) is 12.0. The summed E-state index contributed by atoms with van der Waals surface area (Å²) in [6.45, 7) is 6.90. The molecule has 0 spiro atoms. The van der Waals surface area contributed by atoms with Crippen LogP contribution in [0.15, 0.2) is 140 Å². The second kappa shape index (κ2) is 9.15. The Labute approximate surface area is 258 Å². The summed E-state index contributed by atoms with van der Waals surface area (Å²) in [4.78, 5) is 0. The predicted octanol–water partition coefficient (Wildman–Crippen LogP) is 12.6. The van der Waals surface area contributed by atoms with E-state index < -0.39 is 0 Å². The van der Waals surface area contributed by atoms with Crippen LogP contribution in [0.1, 0.15) is 26.3 Å². The summed E-state index contributed by atoms with van der Waals surface area (Å²) < 4.78 is 0. The quantitative estimate of drug-likeness (QED) is 0.146. The molecule has 0 atom stereocenters. The summed E-state index contributed by atoms with van der Waals surface area (Å²) in [6.07, 6.45) is 0. The zero-order valence-corrected chi connectivity index (χ0v) is 25.3. The van der Waals surface area contributed by atoms with Gasteiger partial charge in [-0.3, -0.25) is 0 Å². The van der Waals surface area contributed by atoms with Crippen LogP contribution in [0.25, 0.3) is 87.6 Å². The van der Waals surface area contributed by atoms with Crippen molar-refractivity contribution in [3.8, 4) is 44.5 Å². The predicted molar refractivity (Wildman–Crippen MR) is 190 cm³/mol. The highest BCUT2D eigenvalue weighted by Gasteiger charge is 2.31. The first-order valence-corrected chi connectivity index (χ1v) is 15.6. The van der Waals surface area contributed by atoms with Crippen molar-refractivity contribution in [2.24, 2.45) is 0 Å². The minimum atomic E-state index is 0.0812. The third-order valence-corrected chi connectivity index (χ3v) is 9.68. The van der Waals surface area contributed by atoms with Crippen molar-refractivity contribution in [1.82, 2.24) is 0 Å². The van der Waals surface area contributed by atoms with Gasteiger partial charge in [0, 0.05) is 0 Å². The van der Waals surface area contributed by atoms with E-state index in [2.05, 4.69) is 160 Å². The Hall–Kier alpha value is -5.20. The molecule has 208 valence electrons. The van der Waals surface area contributed by atoms with Crippen LogP contribution in [0, 0.1) is 0 Å². The molecule has 1 aliphatic carbocycles. The van der Waals surface area contributed by atoms with Crippen LogP contribution in [0.2, 0.25) is 0 Å². The highest BCUT2D eigenvalue weighted by atomic mass is 14.3. The van der Waals surface area contributed by atoms with Crippen molar-refractivity contribution >= 4 is 43.1 Å². The van der Waals surface area contributed by atoms with Gasteiger partial charge in [-0.25, -0.2) is 0 Å². The Balaban J connectivity index is 1.55. The molecule has 0 aliphatic heterocycles. The molecule has 0 radical (unpaired) electrons. The zero-order valence-electron chi connectivity index (χ0n) is 25.3. The lowest BCUT2D eigenvalue weighted by atomic mass is 9.81. The molecule has 0 nitrogen and oxygen atoms in total. The fraction of sp³-hybridized carbons (Fsp3) is 0.0909. The SMILES string of the molecule is CC(C)(C)c1ccc2cc3c(-c4ccccc4)c4c(c(-c5ccccc5)c3cc2c1)-c1cccc2c1c-4cc1ccccc12. The first kappa shape index (κ1) is 25.3. The van der Waals surface area contributed by atoms with Crippen LogP contribution in [0.5, 0.6) is 0 Å². The maximum absolute atomic E-state index is 2.47. The van der Waals surface area contributed by atoms with E-state index in [-0.39, 0.29) is 5.41 Å². The van der Waals surface area contributed by atoms with Gasteiger partial charge in [0.25, 0.3) is 0 Å². The summed E-state index contributed by atoms with van der Waals surface area (Å²) in [7, 11) is 0. The second-order valence-corrected chi connectivity index (χ2v) is 13.3. The van der Waals surface area contributed by atoms with Gasteiger partial charge in [0.2, 0.25) is 0 Å². The molecule has 0 saturated carbocycles. The first-order chi connectivity index (χ1) is 21.5. The standard InChI is InChI=1S/C44H32/c1-44(2,3)32-22-21-29-24-36-37(26-31(29)23-32)39(27-13-6-4-7-14-27)42-35-20-12-19-34-33-18-11-10-17-30(33)25-38(41(34)35)43(42)40(36)28-15-8-5-9-16-28/h4-26H,1-3H3. The van der Waals surface area contributed by atoms with E-state index in [1.54, 1.807) is 0 Å². The lowest BCUT2D eigenvalue weighted by Gasteiger charge is -2.22. The average molecular weight is 561 g/mol. The third-order valence-electron chi connectivity index (χ3n) is 9.68. The highest BCUT2D eigenvalue weighted by Crippen LogP contribution is 2.58. The normalized spacial score (nSPS) is 12.4. The third kappa shape index (κ3) is 3.58. The van der Waals surface area contributed by atoms with Gasteiger partial charge in [-0.2, -0.15) is 0 Å². The Bertz CT molecular complexity index is 2440. The highest BCUT2D eigenvalue weighted by molar-refractivity contribution is 6.31. The van der Waals surface area contributed by atoms with E-state index >= 15 is 0 Å². The van der Waals surface area contributed by atoms with E-state index in [0.29, 0.717) is 0 Å². The van der Waals surface area contributed by atoms with Gasteiger partial charge < -0.3 is 0 Å². The second-order valence-electron chi connectivity index (χ2n) is 13.3. The summed E-state index contributed by atoms with van der Waals surface area (Å²) in [5, 5.41) is 10.5. The molecular formula is C44H32. The fourth-order valence-corrected chi connectivity index (χ4v) is 7.61. The average Bonchev–Trinajstić information content (AvgIpc) is 3.37. The van der Waals surface area contributed by atoms with Crippen LogP contribution < -0.4 is 0 Å². The molecule has 0 fully saturated rings. The number of hydrogen-bond acceptors (Lipinski definition) is 0. The monoisotopic (exact) mass is 560 g/mol. The summed E-state index contributed by atoms with van der Waals surface area (Å²) >= 11 is 0. The van der Waals surface area contributed by atoms with Crippen molar-refractivity contribution in [1.29, 1.82) is 0 Å². The minimum absolute atomic E-state index is 0.0812. The molecule has 0 heteroatoms. The molecule has 0 unspecified atom stereocenters. The zero-order chi connectivity index (χ0) is 29.6. The van der Waals surface area contributed by atoms with Crippen LogP contribution in [-0.2, 0) is 5.41 Å². The Morgan fingerprint density at radius 1 is 0.364 bits per heavy atom. The lowest BCUT2D eigenvalue weighted by molar-refractivity contribution is 0.591. The van der Waals surface area contributed by atoms with Crippen LogP contribution in [0.3, 0.4) is 0 Å². The van der Waals surface area contributed by atoms with Gasteiger partial charge in [0.15, 0.2) is 0 Å². The van der Waals surface area contributed by atoms with Crippen LogP contribution in [-0.4, -0.2) is 0 Å². The fourth-order valence-electron chi connectivity index (χ4n) is 7.61. The van der Waals surface area contributed by atoms with Crippen LogP contribution >= 0.6 is 0 Å². The van der Waals surface area contributed by atoms with Crippen molar-refractivity contribution in [2.45, 2.75) is 26.2 Å². The van der Waals surface area contributed by atoms with Gasteiger partial charge in [-0.1, -0.05) is 142 Å². The van der Waals surface area contributed by atoms with Gasteiger partial charge in [0.1, 0.15) is 0 Å². The van der Waals surface area contributed by atoms with Crippen molar-refractivity contribution in [3.05, 3.63) is 145 Å². The Morgan fingerprint density at radius 2 is 0.955 bits per heavy atom.